The first kappa shape index (κ1) is 36.2. The number of aliphatic hydroxyl groups excluding tert-OH is 1. The third-order valence-electron chi connectivity index (χ3n) is 8.61. The van der Waals surface area contributed by atoms with Crippen LogP contribution >= 0.6 is 0 Å². The highest BCUT2D eigenvalue weighted by Crippen LogP contribution is 2.18. The van der Waals surface area contributed by atoms with Crippen molar-refractivity contribution in [3.8, 4) is 0 Å². The molecule has 0 spiro atoms. The monoisotopic (exact) mass is 549 g/mol. The summed E-state index contributed by atoms with van der Waals surface area (Å²) in [5.41, 5.74) is 0. The summed E-state index contributed by atoms with van der Waals surface area (Å²) in [5.74, 6) is -0.270. The molecule has 0 aromatic heterocycles. The maximum Gasteiger partial charge on any atom is 0.330 e. The summed E-state index contributed by atoms with van der Waals surface area (Å²) in [4.78, 5) is 11.3. The number of carbonyl (C=O) groups is 1. The molecule has 0 amide bonds. The lowest BCUT2D eigenvalue weighted by molar-refractivity contribution is -0.145. The summed E-state index contributed by atoms with van der Waals surface area (Å²) in [5, 5.41) is 10.2. The molecule has 0 fully saturated rings. The van der Waals surface area contributed by atoms with Crippen molar-refractivity contribution < 1.29 is 14.6 Å². The molecule has 3 heteroatoms. The van der Waals surface area contributed by atoms with Crippen LogP contribution in [0.25, 0.3) is 0 Å². The molecule has 3 nitrogen and oxygen atoms in total. The maximum atomic E-state index is 11.3. The number of hydrogen-bond acceptors (Lipinski definition) is 3. The number of esters is 1. The second-order valence-corrected chi connectivity index (χ2v) is 12.6. The standard InChI is InChI=1S/C36H68O3/c1-2-3-4-5-6-7-8-9-10-11-12-13-14-15-16-17-18-19-20-21-22-23-24-25-26-27-28-30-34(37)33-35-31-29-32-36(38)39-35/h29,32,34-35,37H,2-28,30-31,33H2,1H3/t34-,35-/m1/s1. The van der Waals surface area contributed by atoms with Gasteiger partial charge < -0.3 is 9.84 Å². The first-order valence-electron chi connectivity index (χ1n) is 17.8. The van der Waals surface area contributed by atoms with Crippen LogP contribution in [0, 0.1) is 0 Å². The summed E-state index contributed by atoms with van der Waals surface area (Å²) in [6.45, 7) is 2.30. The topological polar surface area (TPSA) is 46.5 Å². The van der Waals surface area contributed by atoms with Gasteiger partial charge in [0.2, 0.25) is 0 Å². The Morgan fingerprint density at radius 3 is 1.28 bits per heavy atom. The number of carbonyl (C=O) groups excluding carboxylic acids is 1. The normalized spacial score (nSPS) is 16.1. The van der Waals surface area contributed by atoms with Crippen LogP contribution < -0.4 is 0 Å². The molecule has 39 heavy (non-hydrogen) atoms. The molecule has 0 bridgehead atoms. The van der Waals surface area contributed by atoms with Crippen molar-refractivity contribution in [2.45, 2.75) is 212 Å². The van der Waals surface area contributed by atoms with Gasteiger partial charge in [0.25, 0.3) is 0 Å². The fraction of sp³-hybridized carbons (Fsp3) is 0.917. The Morgan fingerprint density at radius 2 is 0.949 bits per heavy atom. The minimum atomic E-state index is -0.339. The molecular weight excluding hydrogens is 480 g/mol. The van der Waals surface area contributed by atoms with E-state index >= 15 is 0 Å². The van der Waals surface area contributed by atoms with Crippen molar-refractivity contribution >= 4 is 5.97 Å². The number of rotatable bonds is 30. The Bertz CT molecular complexity index is 543. The molecule has 0 aromatic carbocycles. The lowest BCUT2D eigenvalue weighted by atomic mass is 10.0. The Hall–Kier alpha value is -0.830. The van der Waals surface area contributed by atoms with E-state index < -0.39 is 0 Å². The molecule has 1 aliphatic heterocycles. The Balaban J connectivity index is 1.67. The first-order valence-corrected chi connectivity index (χ1v) is 17.8. The van der Waals surface area contributed by atoms with Crippen molar-refractivity contribution in [2.24, 2.45) is 0 Å². The lowest BCUT2D eigenvalue weighted by Crippen LogP contribution is -2.25. The molecule has 0 unspecified atom stereocenters. The minimum Gasteiger partial charge on any atom is -0.459 e. The predicted molar refractivity (Wildman–Crippen MR) is 169 cm³/mol. The van der Waals surface area contributed by atoms with Crippen LogP contribution in [0.15, 0.2) is 12.2 Å². The Kier molecular flexibility index (Phi) is 26.6. The summed E-state index contributed by atoms with van der Waals surface area (Å²) >= 11 is 0. The van der Waals surface area contributed by atoms with Gasteiger partial charge in [-0.1, -0.05) is 186 Å². The van der Waals surface area contributed by atoms with Crippen LogP contribution in [-0.4, -0.2) is 23.3 Å². The smallest absolute Gasteiger partial charge is 0.330 e. The van der Waals surface area contributed by atoms with Crippen LogP contribution in [0.2, 0.25) is 0 Å². The van der Waals surface area contributed by atoms with E-state index in [-0.39, 0.29) is 18.2 Å². The number of ether oxygens (including phenoxy) is 1. The van der Waals surface area contributed by atoms with Gasteiger partial charge in [-0.3, -0.25) is 0 Å². The average Bonchev–Trinajstić information content (AvgIpc) is 2.92. The number of unbranched alkanes of at least 4 members (excludes halogenated alkanes) is 26. The number of aliphatic hydroxyl groups is 1. The quantitative estimate of drug-likeness (QED) is 0.0717. The Morgan fingerprint density at radius 1 is 0.615 bits per heavy atom. The van der Waals surface area contributed by atoms with Gasteiger partial charge in [-0.25, -0.2) is 4.79 Å². The molecular formula is C36H68O3. The third-order valence-corrected chi connectivity index (χ3v) is 8.61. The molecule has 230 valence electrons. The summed E-state index contributed by atoms with van der Waals surface area (Å²) in [6, 6.07) is 0. The van der Waals surface area contributed by atoms with Crippen LogP contribution in [0.1, 0.15) is 200 Å². The lowest BCUT2D eigenvalue weighted by Gasteiger charge is -2.21. The van der Waals surface area contributed by atoms with Gasteiger partial charge in [-0.05, 0) is 6.42 Å². The maximum absolute atomic E-state index is 11.3. The highest BCUT2D eigenvalue weighted by atomic mass is 16.5. The Labute approximate surface area is 244 Å². The van der Waals surface area contributed by atoms with Crippen LogP contribution in [-0.2, 0) is 9.53 Å². The largest absolute Gasteiger partial charge is 0.459 e. The zero-order valence-electron chi connectivity index (χ0n) is 26.3. The minimum absolute atomic E-state index is 0.133. The average molecular weight is 549 g/mol. The molecule has 0 aromatic rings. The van der Waals surface area contributed by atoms with Gasteiger partial charge in [-0.15, -0.1) is 0 Å². The first-order chi connectivity index (χ1) is 19.2. The van der Waals surface area contributed by atoms with E-state index in [4.69, 9.17) is 4.74 Å². The molecule has 1 aliphatic rings. The van der Waals surface area contributed by atoms with Crippen molar-refractivity contribution in [3.05, 3.63) is 12.2 Å². The highest BCUT2D eigenvalue weighted by molar-refractivity contribution is 5.82. The molecule has 1 heterocycles. The molecule has 0 saturated heterocycles. The zero-order valence-corrected chi connectivity index (χ0v) is 26.3. The van der Waals surface area contributed by atoms with E-state index in [9.17, 15) is 9.90 Å². The van der Waals surface area contributed by atoms with Crippen molar-refractivity contribution in [1.82, 2.24) is 0 Å². The fourth-order valence-electron chi connectivity index (χ4n) is 6.01. The second-order valence-electron chi connectivity index (χ2n) is 12.6. The summed E-state index contributed by atoms with van der Waals surface area (Å²) in [6.07, 6.45) is 43.2. The molecule has 1 rings (SSSR count). The predicted octanol–water partition coefficient (Wildman–Crippen LogP) is 11.6. The van der Waals surface area contributed by atoms with Gasteiger partial charge in [0.05, 0.1) is 6.10 Å². The van der Waals surface area contributed by atoms with Gasteiger partial charge in [0, 0.05) is 18.9 Å². The van der Waals surface area contributed by atoms with E-state index in [0.717, 1.165) is 19.3 Å². The van der Waals surface area contributed by atoms with Crippen molar-refractivity contribution in [2.75, 3.05) is 0 Å². The third kappa shape index (κ3) is 25.9. The molecule has 0 saturated carbocycles. The SMILES string of the molecule is CCCCCCCCCCCCCCCCCCCCCCCCCCCCC[C@@H](O)C[C@H]1CC=CC(=O)O1. The van der Waals surface area contributed by atoms with E-state index in [2.05, 4.69) is 6.92 Å². The fourth-order valence-corrected chi connectivity index (χ4v) is 6.01. The zero-order chi connectivity index (χ0) is 28.1. The van der Waals surface area contributed by atoms with Gasteiger partial charge in [0.15, 0.2) is 0 Å². The van der Waals surface area contributed by atoms with Crippen molar-refractivity contribution in [1.29, 1.82) is 0 Å². The van der Waals surface area contributed by atoms with Crippen LogP contribution in [0.5, 0.6) is 0 Å². The molecule has 2 atom stereocenters. The number of cyclic esters (lactones) is 1. The van der Waals surface area contributed by atoms with E-state index in [1.165, 1.54) is 173 Å². The van der Waals surface area contributed by atoms with Gasteiger partial charge in [0.1, 0.15) is 6.10 Å². The number of hydrogen-bond donors (Lipinski definition) is 1. The van der Waals surface area contributed by atoms with Gasteiger partial charge >= 0.3 is 5.97 Å². The molecule has 0 aliphatic carbocycles. The molecule has 1 N–H and O–H groups in total. The molecule has 0 radical (unpaired) electrons. The van der Waals surface area contributed by atoms with Crippen LogP contribution in [0.4, 0.5) is 0 Å². The van der Waals surface area contributed by atoms with Gasteiger partial charge in [-0.2, -0.15) is 0 Å². The van der Waals surface area contributed by atoms with E-state index in [0.29, 0.717) is 6.42 Å². The van der Waals surface area contributed by atoms with E-state index in [1.807, 2.05) is 6.08 Å². The second kappa shape index (κ2) is 28.7. The van der Waals surface area contributed by atoms with Crippen LogP contribution in [0.3, 0.4) is 0 Å². The highest BCUT2D eigenvalue weighted by Gasteiger charge is 2.19. The summed E-state index contributed by atoms with van der Waals surface area (Å²) < 4.78 is 5.23. The van der Waals surface area contributed by atoms with E-state index in [1.54, 1.807) is 0 Å². The summed E-state index contributed by atoms with van der Waals surface area (Å²) in [7, 11) is 0. The van der Waals surface area contributed by atoms with Crippen molar-refractivity contribution in [3.63, 3.8) is 0 Å².